The molecule has 0 atom stereocenters. The highest BCUT2D eigenvalue weighted by molar-refractivity contribution is 7.89. The van der Waals surface area contributed by atoms with Crippen LogP contribution in [0.5, 0.6) is 0 Å². The van der Waals surface area contributed by atoms with Gasteiger partial charge in [0.25, 0.3) is 0 Å². The van der Waals surface area contributed by atoms with Gasteiger partial charge in [0.05, 0.1) is 23.1 Å². The summed E-state index contributed by atoms with van der Waals surface area (Å²) in [4.78, 5) is 3.97. The van der Waals surface area contributed by atoms with Crippen LogP contribution in [0, 0.1) is 18.3 Å². The minimum Gasteiger partial charge on any atom is -0.262 e. The second-order valence-electron chi connectivity index (χ2n) is 3.85. The van der Waals surface area contributed by atoms with E-state index in [4.69, 9.17) is 5.26 Å². The largest absolute Gasteiger partial charge is 0.262 e. The van der Waals surface area contributed by atoms with Crippen molar-refractivity contribution in [3.8, 4) is 6.07 Å². The molecule has 0 radical (unpaired) electrons. The molecule has 0 spiro atoms. The Bertz CT molecular complexity index is 716. The molecule has 98 valence electrons. The molecule has 7 nitrogen and oxygen atoms in total. The van der Waals surface area contributed by atoms with Crippen molar-refractivity contribution in [3.63, 3.8) is 0 Å². The van der Waals surface area contributed by atoms with Gasteiger partial charge in [-0.05, 0) is 30.7 Å². The summed E-state index contributed by atoms with van der Waals surface area (Å²) in [6.45, 7) is 1.67. The summed E-state index contributed by atoms with van der Waals surface area (Å²) >= 11 is 0. The topological polar surface area (TPSA) is 112 Å². The molecule has 1 aromatic carbocycles. The number of nitrogens with one attached hydrogen (secondary N) is 2. The maximum absolute atomic E-state index is 12.1. The van der Waals surface area contributed by atoms with Crippen LogP contribution in [0.1, 0.15) is 17.0 Å². The summed E-state index contributed by atoms with van der Waals surface area (Å²) in [7, 11) is -3.64. The van der Waals surface area contributed by atoms with Gasteiger partial charge in [0, 0.05) is 0 Å². The lowest BCUT2D eigenvalue weighted by Crippen LogP contribution is -2.24. The Morgan fingerprint density at radius 3 is 2.84 bits per heavy atom. The molecule has 2 aromatic rings. The van der Waals surface area contributed by atoms with Crippen molar-refractivity contribution in [1.29, 1.82) is 5.26 Å². The molecule has 8 heteroatoms. The first-order valence-corrected chi connectivity index (χ1v) is 6.86. The van der Waals surface area contributed by atoms with E-state index in [1.807, 2.05) is 6.07 Å². The summed E-state index contributed by atoms with van der Waals surface area (Å²) < 4.78 is 26.6. The van der Waals surface area contributed by atoms with E-state index in [9.17, 15) is 8.42 Å². The van der Waals surface area contributed by atoms with Crippen LogP contribution in [0.25, 0.3) is 0 Å². The van der Waals surface area contributed by atoms with Crippen LogP contribution in [0.2, 0.25) is 0 Å². The van der Waals surface area contributed by atoms with E-state index in [2.05, 4.69) is 19.9 Å². The Morgan fingerprint density at radius 2 is 2.26 bits per heavy atom. The summed E-state index contributed by atoms with van der Waals surface area (Å²) in [5, 5.41) is 14.9. The second kappa shape index (κ2) is 5.17. The molecular formula is C11H11N5O2S. The van der Waals surface area contributed by atoms with Gasteiger partial charge in [-0.15, -0.1) is 0 Å². The van der Waals surface area contributed by atoms with Gasteiger partial charge in [-0.1, -0.05) is 0 Å². The van der Waals surface area contributed by atoms with E-state index in [1.54, 1.807) is 6.92 Å². The van der Waals surface area contributed by atoms with Crippen molar-refractivity contribution in [3.05, 3.63) is 41.5 Å². The molecule has 0 aliphatic carbocycles. The molecule has 0 bridgehead atoms. The van der Waals surface area contributed by atoms with E-state index >= 15 is 0 Å². The SMILES string of the molecule is Cc1cc(C#N)ccc1S(=O)(=O)NCc1ncn[nH]1. The van der Waals surface area contributed by atoms with E-state index in [-0.39, 0.29) is 11.4 Å². The van der Waals surface area contributed by atoms with Gasteiger partial charge >= 0.3 is 0 Å². The molecule has 0 fully saturated rings. The molecule has 1 heterocycles. The summed E-state index contributed by atoms with van der Waals surface area (Å²) in [5.74, 6) is 0.426. The third-order valence-electron chi connectivity index (χ3n) is 2.49. The Balaban J connectivity index is 2.22. The molecule has 2 N–H and O–H groups in total. The first kappa shape index (κ1) is 13.2. The van der Waals surface area contributed by atoms with Gasteiger partial charge in [0.1, 0.15) is 12.2 Å². The fourth-order valence-electron chi connectivity index (χ4n) is 1.58. The van der Waals surface area contributed by atoms with Crippen LogP contribution in [0.4, 0.5) is 0 Å². The highest BCUT2D eigenvalue weighted by atomic mass is 32.2. The molecular weight excluding hydrogens is 266 g/mol. The van der Waals surface area contributed by atoms with Crippen LogP contribution < -0.4 is 4.72 Å². The zero-order valence-corrected chi connectivity index (χ0v) is 10.9. The molecule has 19 heavy (non-hydrogen) atoms. The van der Waals surface area contributed by atoms with E-state index < -0.39 is 10.0 Å². The quantitative estimate of drug-likeness (QED) is 0.843. The van der Waals surface area contributed by atoms with Crippen molar-refractivity contribution in [2.75, 3.05) is 0 Å². The first-order chi connectivity index (χ1) is 9.03. The third kappa shape index (κ3) is 2.96. The van der Waals surface area contributed by atoms with Crippen LogP contribution in [0.3, 0.4) is 0 Å². The standard InChI is InChI=1S/C11H11N5O2S/c1-8-4-9(5-12)2-3-10(8)19(17,18)15-6-11-13-7-14-16-11/h2-4,7,15H,6H2,1H3,(H,13,14,16). The van der Waals surface area contributed by atoms with Crippen LogP contribution in [-0.4, -0.2) is 23.6 Å². The lowest BCUT2D eigenvalue weighted by atomic mass is 10.2. The number of aromatic amines is 1. The van der Waals surface area contributed by atoms with Crippen molar-refractivity contribution in [2.24, 2.45) is 0 Å². The molecule has 0 unspecified atom stereocenters. The predicted octanol–water partition coefficient (Wildman–Crippen LogP) is 0.463. The van der Waals surface area contributed by atoms with Crippen molar-refractivity contribution >= 4 is 10.0 Å². The molecule has 0 aliphatic rings. The highest BCUT2D eigenvalue weighted by Gasteiger charge is 2.17. The van der Waals surface area contributed by atoms with Gasteiger partial charge < -0.3 is 0 Å². The number of benzene rings is 1. The number of hydrogen-bond acceptors (Lipinski definition) is 5. The van der Waals surface area contributed by atoms with Crippen LogP contribution >= 0.6 is 0 Å². The van der Waals surface area contributed by atoms with Crippen molar-refractivity contribution in [2.45, 2.75) is 18.4 Å². The van der Waals surface area contributed by atoms with Gasteiger partial charge in [-0.3, -0.25) is 5.10 Å². The Hall–Kier alpha value is -2.24. The first-order valence-electron chi connectivity index (χ1n) is 5.37. The van der Waals surface area contributed by atoms with Gasteiger partial charge in [-0.2, -0.15) is 10.4 Å². The maximum Gasteiger partial charge on any atom is 0.241 e. The number of aromatic nitrogens is 3. The maximum atomic E-state index is 12.1. The normalized spacial score (nSPS) is 11.2. The minimum atomic E-state index is -3.64. The number of nitriles is 1. The lowest BCUT2D eigenvalue weighted by Gasteiger charge is -2.08. The van der Waals surface area contributed by atoms with Gasteiger partial charge in [-0.25, -0.2) is 18.1 Å². The smallest absolute Gasteiger partial charge is 0.241 e. The van der Waals surface area contributed by atoms with Gasteiger partial charge in [0.15, 0.2) is 0 Å². The molecule has 2 rings (SSSR count). The van der Waals surface area contributed by atoms with Gasteiger partial charge in [0.2, 0.25) is 10.0 Å². The molecule has 0 saturated heterocycles. The number of nitrogens with zero attached hydrogens (tertiary/aromatic N) is 3. The Morgan fingerprint density at radius 1 is 1.47 bits per heavy atom. The van der Waals surface area contributed by atoms with Crippen molar-refractivity contribution in [1.82, 2.24) is 19.9 Å². The number of aryl methyl sites for hydroxylation is 1. The van der Waals surface area contributed by atoms with E-state index in [1.165, 1.54) is 24.5 Å². The van der Waals surface area contributed by atoms with Crippen LogP contribution in [0.15, 0.2) is 29.4 Å². The number of sulfonamides is 1. The van der Waals surface area contributed by atoms with E-state index in [0.29, 0.717) is 17.0 Å². The number of hydrogen-bond donors (Lipinski definition) is 2. The second-order valence-corrected chi connectivity index (χ2v) is 5.58. The number of H-pyrrole nitrogens is 1. The van der Waals surface area contributed by atoms with Crippen molar-refractivity contribution < 1.29 is 8.42 Å². The zero-order valence-electron chi connectivity index (χ0n) is 10.1. The molecule has 0 saturated carbocycles. The average Bonchev–Trinajstić information content (AvgIpc) is 2.89. The fourth-order valence-corrected chi connectivity index (χ4v) is 2.79. The lowest BCUT2D eigenvalue weighted by molar-refractivity contribution is 0.578. The number of rotatable bonds is 4. The molecule has 0 amide bonds. The minimum absolute atomic E-state index is 0.0295. The van der Waals surface area contributed by atoms with E-state index in [0.717, 1.165) is 0 Å². The monoisotopic (exact) mass is 277 g/mol. The summed E-state index contributed by atoms with van der Waals surface area (Å²) in [5.41, 5.74) is 0.941. The fraction of sp³-hybridized carbons (Fsp3) is 0.182. The van der Waals surface area contributed by atoms with Crippen LogP contribution in [-0.2, 0) is 16.6 Å². The zero-order chi connectivity index (χ0) is 13.9. The molecule has 1 aromatic heterocycles. The summed E-state index contributed by atoms with van der Waals surface area (Å²) in [6.07, 6.45) is 1.30. The predicted molar refractivity (Wildman–Crippen MR) is 66.3 cm³/mol. The Labute approximate surface area is 110 Å². The highest BCUT2D eigenvalue weighted by Crippen LogP contribution is 2.16. The average molecular weight is 277 g/mol. The Kier molecular flexibility index (Phi) is 3.59. The molecule has 0 aliphatic heterocycles. The third-order valence-corrected chi connectivity index (χ3v) is 4.05. The summed E-state index contributed by atoms with van der Waals surface area (Å²) in [6, 6.07) is 6.37.